The smallest absolute Gasteiger partial charge is 0.481 e. The van der Waals surface area contributed by atoms with Crippen LogP contribution in [0.4, 0.5) is 0 Å². The van der Waals surface area contributed by atoms with Gasteiger partial charge in [-0.2, -0.15) is 0 Å². The Bertz CT molecular complexity index is 1080. The summed E-state index contributed by atoms with van der Waals surface area (Å²) in [6, 6.07) is 8.61. The fraction of sp³-hybridized carbons (Fsp3) is 0.250. The Labute approximate surface area is 183 Å². The van der Waals surface area contributed by atoms with Crippen LogP contribution < -0.4 is 21.6 Å². The van der Waals surface area contributed by atoms with Crippen LogP contribution in [0.1, 0.15) is 38.3 Å². The first-order valence-corrected chi connectivity index (χ1v) is 9.97. The number of nitrogens with one attached hydrogen (secondary N) is 2. The van der Waals surface area contributed by atoms with E-state index in [4.69, 9.17) is 9.31 Å². The number of hydrogen-bond donors (Lipinski definition) is 5. The molecular weight excluding hydrogens is 418 g/mol. The number of carboxylic acids is 1. The number of rotatable bonds is 7. The maximum atomic E-state index is 12.6. The summed E-state index contributed by atoms with van der Waals surface area (Å²) in [6.07, 6.45) is -0.393. The lowest BCUT2D eigenvalue weighted by atomic mass is 9.79. The Morgan fingerprint density at radius 3 is 2.31 bits per heavy atom. The molecule has 2 aliphatic heterocycles. The van der Waals surface area contributed by atoms with E-state index in [1.165, 1.54) is 12.1 Å². The van der Waals surface area contributed by atoms with Gasteiger partial charge in [0.15, 0.2) is 0 Å². The largest absolute Gasteiger partial charge is 0.491 e. The van der Waals surface area contributed by atoms with Crippen molar-refractivity contribution in [2.75, 3.05) is 6.54 Å². The molecule has 0 aromatic heterocycles. The molecule has 5 N–H and O–H groups in total. The molecule has 0 bridgehead atoms. The molecule has 1 unspecified atom stereocenters. The van der Waals surface area contributed by atoms with Gasteiger partial charge in [0.1, 0.15) is 0 Å². The van der Waals surface area contributed by atoms with Crippen LogP contribution in [0.25, 0.3) is 0 Å². The molecule has 0 aliphatic carbocycles. The average Bonchev–Trinajstić information content (AvgIpc) is 3.33. The molecular formula is C20H20B2N2O8. The van der Waals surface area contributed by atoms with E-state index in [0.717, 1.165) is 5.56 Å². The van der Waals surface area contributed by atoms with Crippen LogP contribution in [0.2, 0.25) is 0 Å². The number of amides is 2. The molecule has 2 amide bonds. The number of fused-ring (bicyclic) bond motifs is 2. The highest BCUT2D eigenvalue weighted by Gasteiger charge is 2.29. The summed E-state index contributed by atoms with van der Waals surface area (Å²) in [5.74, 6) is -2.11. The highest BCUT2D eigenvalue weighted by atomic mass is 16.5. The second-order valence-corrected chi connectivity index (χ2v) is 7.63. The van der Waals surface area contributed by atoms with Crippen molar-refractivity contribution < 1.29 is 38.8 Å². The van der Waals surface area contributed by atoms with Crippen molar-refractivity contribution in [2.24, 2.45) is 0 Å². The van der Waals surface area contributed by atoms with Gasteiger partial charge in [0.05, 0.1) is 25.7 Å². The summed E-state index contributed by atoms with van der Waals surface area (Å²) in [6.45, 7) is 0.325. The summed E-state index contributed by atoms with van der Waals surface area (Å²) in [7, 11) is -2.11. The van der Waals surface area contributed by atoms with E-state index < -0.39 is 44.5 Å². The van der Waals surface area contributed by atoms with Gasteiger partial charge in [-0.3, -0.25) is 14.4 Å². The van der Waals surface area contributed by atoms with Crippen LogP contribution in [0.15, 0.2) is 36.4 Å². The lowest BCUT2D eigenvalue weighted by Crippen LogP contribution is -2.45. The first-order valence-electron chi connectivity index (χ1n) is 9.97. The van der Waals surface area contributed by atoms with Gasteiger partial charge in [0.25, 0.3) is 11.8 Å². The lowest BCUT2D eigenvalue weighted by Gasteiger charge is -2.18. The van der Waals surface area contributed by atoms with E-state index in [-0.39, 0.29) is 30.9 Å². The minimum Gasteiger partial charge on any atom is -0.481 e. The fourth-order valence-electron chi connectivity index (χ4n) is 3.70. The third-order valence-corrected chi connectivity index (χ3v) is 5.40. The summed E-state index contributed by atoms with van der Waals surface area (Å²) in [4.78, 5) is 36.4. The standard InChI is InChI=1S/C20H20B2N2O8/c25-18(26)7-15(24-20(28)11-3-4-16-14(5-11)10-32-21(16)29)8-23-19(27)12-1-2-13-9-31-22(30)17(13)6-12/h1-6,15,29-30H,7-10H2,(H,23,27)(H,24,28)(H,25,26). The SMILES string of the molecule is O=C(O)CC(CNC(=O)c1ccc2c(c1)B(O)OC2)NC(=O)c1ccc2c(c1)COB2O. The lowest BCUT2D eigenvalue weighted by molar-refractivity contribution is -0.137. The Morgan fingerprint density at radius 2 is 1.56 bits per heavy atom. The Morgan fingerprint density at radius 1 is 0.906 bits per heavy atom. The van der Waals surface area contributed by atoms with Gasteiger partial charge in [0, 0.05) is 17.7 Å². The van der Waals surface area contributed by atoms with Crippen LogP contribution in [0.3, 0.4) is 0 Å². The summed E-state index contributed by atoms with van der Waals surface area (Å²) < 4.78 is 10.2. The van der Waals surface area contributed by atoms with Crippen molar-refractivity contribution in [3.05, 3.63) is 58.7 Å². The maximum Gasteiger partial charge on any atom is 0.491 e. The number of hydrogen-bond acceptors (Lipinski definition) is 7. The average molecular weight is 438 g/mol. The molecule has 0 saturated heterocycles. The topological polar surface area (TPSA) is 154 Å². The predicted molar refractivity (Wildman–Crippen MR) is 114 cm³/mol. The molecule has 4 rings (SSSR count). The number of carbonyl (C=O) groups is 3. The first kappa shape index (κ1) is 22.0. The van der Waals surface area contributed by atoms with Crippen molar-refractivity contribution in [3.63, 3.8) is 0 Å². The molecule has 0 radical (unpaired) electrons. The molecule has 32 heavy (non-hydrogen) atoms. The summed E-state index contributed by atoms with van der Waals surface area (Å²) in [5, 5.41) is 33.9. The zero-order valence-electron chi connectivity index (χ0n) is 16.9. The monoisotopic (exact) mass is 438 g/mol. The highest BCUT2D eigenvalue weighted by Crippen LogP contribution is 2.13. The number of carboxylic acid groups (broad SMARTS) is 1. The Balaban J connectivity index is 1.40. The quantitative estimate of drug-likeness (QED) is 0.315. The number of benzene rings is 2. The van der Waals surface area contributed by atoms with E-state index in [1.54, 1.807) is 24.3 Å². The van der Waals surface area contributed by atoms with Crippen LogP contribution in [0, 0.1) is 0 Å². The minimum atomic E-state index is -1.13. The van der Waals surface area contributed by atoms with Gasteiger partial charge in [-0.1, -0.05) is 12.1 Å². The van der Waals surface area contributed by atoms with Crippen molar-refractivity contribution in [3.8, 4) is 0 Å². The van der Waals surface area contributed by atoms with Crippen molar-refractivity contribution in [1.82, 2.24) is 10.6 Å². The molecule has 164 valence electrons. The normalized spacial score (nSPS) is 15.2. The van der Waals surface area contributed by atoms with Gasteiger partial charge < -0.3 is 35.1 Å². The van der Waals surface area contributed by atoms with Crippen molar-refractivity contribution >= 4 is 42.9 Å². The van der Waals surface area contributed by atoms with Gasteiger partial charge in [-0.05, 0) is 46.3 Å². The molecule has 12 heteroatoms. The third-order valence-electron chi connectivity index (χ3n) is 5.40. The molecule has 0 saturated carbocycles. The highest BCUT2D eigenvalue weighted by molar-refractivity contribution is 6.62. The number of aliphatic carboxylic acids is 1. The maximum absolute atomic E-state index is 12.6. The molecule has 2 heterocycles. The van der Waals surface area contributed by atoms with Crippen LogP contribution in [-0.2, 0) is 27.3 Å². The predicted octanol–water partition coefficient (Wildman–Crippen LogP) is -1.87. The second-order valence-electron chi connectivity index (χ2n) is 7.63. The minimum absolute atomic E-state index is 0.111. The third kappa shape index (κ3) is 4.68. The van der Waals surface area contributed by atoms with E-state index in [1.807, 2.05) is 0 Å². The molecule has 2 aromatic carbocycles. The van der Waals surface area contributed by atoms with Crippen LogP contribution >= 0.6 is 0 Å². The molecule has 2 aliphatic rings. The molecule has 2 aromatic rings. The zero-order valence-corrected chi connectivity index (χ0v) is 16.9. The van der Waals surface area contributed by atoms with Crippen LogP contribution in [-0.4, -0.2) is 59.8 Å². The van der Waals surface area contributed by atoms with Gasteiger partial charge in [-0.15, -0.1) is 0 Å². The van der Waals surface area contributed by atoms with Gasteiger partial charge >= 0.3 is 20.2 Å². The van der Waals surface area contributed by atoms with Crippen LogP contribution in [0.5, 0.6) is 0 Å². The molecule has 0 spiro atoms. The van der Waals surface area contributed by atoms with Crippen molar-refractivity contribution in [1.29, 1.82) is 0 Å². The zero-order chi connectivity index (χ0) is 22.8. The van der Waals surface area contributed by atoms with E-state index in [2.05, 4.69) is 10.6 Å². The Kier molecular flexibility index (Phi) is 6.28. The van der Waals surface area contributed by atoms with Gasteiger partial charge in [0.2, 0.25) is 0 Å². The van der Waals surface area contributed by atoms with Crippen molar-refractivity contribution in [2.45, 2.75) is 25.7 Å². The first-order chi connectivity index (χ1) is 15.3. The second kappa shape index (κ2) is 9.13. The summed E-state index contributed by atoms with van der Waals surface area (Å²) in [5.41, 5.74) is 3.13. The van der Waals surface area contributed by atoms with E-state index in [0.29, 0.717) is 16.5 Å². The van der Waals surface area contributed by atoms with E-state index in [9.17, 15) is 29.5 Å². The fourth-order valence-corrected chi connectivity index (χ4v) is 3.70. The summed E-state index contributed by atoms with van der Waals surface area (Å²) >= 11 is 0. The number of carbonyl (C=O) groups excluding carboxylic acids is 2. The molecule has 0 fully saturated rings. The molecule has 10 nitrogen and oxygen atoms in total. The molecule has 1 atom stereocenters. The Hall–Kier alpha value is -3.18. The van der Waals surface area contributed by atoms with E-state index >= 15 is 0 Å². The van der Waals surface area contributed by atoms with Gasteiger partial charge in [-0.25, -0.2) is 0 Å².